The van der Waals surface area contributed by atoms with Gasteiger partial charge in [-0.3, -0.25) is 4.79 Å². The van der Waals surface area contributed by atoms with Crippen LogP contribution in [0.1, 0.15) is 42.3 Å². The second-order valence-corrected chi connectivity index (χ2v) is 15.2. The van der Waals surface area contributed by atoms with E-state index < -0.39 is 30.2 Å². The summed E-state index contributed by atoms with van der Waals surface area (Å²) in [6.07, 6.45) is 2.99. The number of hydrogen-bond donors (Lipinski definition) is 0. The average Bonchev–Trinajstić information content (AvgIpc) is 3.09. The minimum atomic E-state index is -3.10. The molecule has 0 heterocycles. The van der Waals surface area contributed by atoms with Gasteiger partial charge in [0.05, 0.1) is 0 Å². The van der Waals surface area contributed by atoms with Gasteiger partial charge in [0.25, 0.3) is 0 Å². The SMILES string of the molecule is CC(C)(C)OC(=O)/C=C/c1ccc(C(=O)C(C(=O)OCc2ccccc2)=P(c2ccccc2)(c2ccccc2)c2ccccc2)cc1. The maximum Gasteiger partial charge on any atom is 0.343 e. The van der Waals surface area contributed by atoms with Crippen LogP contribution in [0.25, 0.3) is 6.08 Å². The molecule has 0 aliphatic rings. The molecule has 0 amide bonds. The van der Waals surface area contributed by atoms with E-state index in [0.29, 0.717) is 11.1 Å². The number of ether oxygens (including phenoxy) is 2. The first-order chi connectivity index (χ1) is 22.7. The van der Waals surface area contributed by atoms with Crippen molar-refractivity contribution in [3.05, 3.63) is 168 Å². The Bertz CT molecular complexity index is 1800. The van der Waals surface area contributed by atoms with Crippen molar-refractivity contribution >= 4 is 51.9 Å². The second-order valence-electron chi connectivity index (χ2n) is 11.9. The number of benzene rings is 5. The van der Waals surface area contributed by atoms with Gasteiger partial charge in [-0.1, -0.05) is 146 Å². The van der Waals surface area contributed by atoms with Crippen LogP contribution in [0.3, 0.4) is 0 Å². The highest BCUT2D eigenvalue weighted by Crippen LogP contribution is 2.47. The van der Waals surface area contributed by atoms with Crippen molar-refractivity contribution in [2.24, 2.45) is 0 Å². The predicted molar refractivity (Wildman–Crippen MR) is 192 cm³/mol. The molecule has 0 atom stereocenters. The summed E-state index contributed by atoms with van der Waals surface area (Å²) in [5.74, 6) is -1.55. The molecule has 0 unspecified atom stereocenters. The molecular formula is C41H37O5P. The second kappa shape index (κ2) is 14.9. The van der Waals surface area contributed by atoms with E-state index in [9.17, 15) is 14.4 Å². The number of esters is 2. The van der Waals surface area contributed by atoms with Crippen LogP contribution in [0.15, 0.2) is 152 Å². The van der Waals surface area contributed by atoms with Gasteiger partial charge in [0.2, 0.25) is 5.78 Å². The van der Waals surface area contributed by atoms with Crippen molar-refractivity contribution in [1.82, 2.24) is 0 Å². The molecule has 5 rings (SSSR count). The molecule has 5 aromatic rings. The number of carbonyl (C=O) groups is 3. The van der Waals surface area contributed by atoms with E-state index in [0.717, 1.165) is 21.5 Å². The van der Waals surface area contributed by atoms with Crippen molar-refractivity contribution in [1.29, 1.82) is 0 Å². The van der Waals surface area contributed by atoms with E-state index in [2.05, 4.69) is 0 Å². The molecule has 5 nitrogen and oxygen atoms in total. The Labute approximate surface area is 276 Å². The monoisotopic (exact) mass is 640 g/mol. The molecule has 47 heavy (non-hydrogen) atoms. The first-order valence-electron chi connectivity index (χ1n) is 15.4. The fourth-order valence-electron chi connectivity index (χ4n) is 5.35. The van der Waals surface area contributed by atoms with Gasteiger partial charge in [-0.05, 0) is 60.8 Å². The molecular weight excluding hydrogens is 603 g/mol. The number of rotatable bonds is 10. The van der Waals surface area contributed by atoms with E-state index in [-0.39, 0.29) is 11.9 Å². The molecule has 5 aromatic carbocycles. The zero-order valence-corrected chi connectivity index (χ0v) is 27.6. The molecule has 0 aliphatic carbocycles. The van der Waals surface area contributed by atoms with Gasteiger partial charge >= 0.3 is 11.9 Å². The number of Topliss-reactive ketones (excluding diaryl/α,β-unsaturated/α-hetero) is 1. The molecule has 6 heteroatoms. The topological polar surface area (TPSA) is 69.7 Å². The summed E-state index contributed by atoms with van der Waals surface area (Å²) in [5, 5.41) is 2.65. The van der Waals surface area contributed by atoms with Gasteiger partial charge in [0.1, 0.15) is 17.5 Å². The van der Waals surface area contributed by atoms with Crippen LogP contribution in [-0.4, -0.2) is 28.6 Å². The average molecular weight is 641 g/mol. The highest BCUT2D eigenvalue weighted by atomic mass is 31.2. The summed E-state index contributed by atoms with van der Waals surface area (Å²) < 4.78 is 11.4. The third-order valence-electron chi connectivity index (χ3n) is 7.38. The van der Waals surface area contributed by atoms with Gasteiger partial charge in [-0.25, -0.2) is 9.59 Å². The van der Waals surface area contributed by atoms with Gasteiger partial charge < -0.3 is 9.47 Å². The smallest absolute Gasteiger partial charge is 0.343 e. The lowest BCUT2D eigenvalue weighted by Gasteiger charge is -2.31. The molecule has 0 bridgehead atoms. The zero-order valence-electron chi connectivity index (χ0n) is 26.7. The lowest BCUT2D eigenvalue weighted by atomic mass is 10.1. The van der Waals surface area contributed by atoms with E-state index in [1.165, 1.54) is 6.08 Å². The summed E-state index contributed by atoms with van der Waals surface area (Å²) >= 11 is 0. The fourth-order valence-corrected chi connectivity index (χ4v) is 9.64. The third kappa shape index (κ3) is 7.95. The molecule has 236 valence electrons. The maximum atomic E-state index is 14.9. The molecule has 0 saturated heterocycles. The van der Waals surface area contributed by atoms with Crippen LogP contribution < -0.4 is 15.9 Å². The predicted octanol–water partition coefficient (Wildman–Crippen LogP) is 7.13. The first-order valence-corrected chi connectivity index (χ1v) is 17.2. The van der Waals surface area contributed by atoms with Gasteiger partial charge in [0.15, 0.2) is 0 Å². The Morgan fingerprint density at radius 2 is 1.06 bits per heavy atom. The summed E-state index contributed by atoms with van der Waals surface area (Å²) in [4.78, 5) is 41.7. The van der Waals surface area contributed by atoms with Crippen LogP contribution in [0.5, 0.6) is 0 Å². The summed E-state index contributed by atoms with van der Waals surface area (Å²) in [5.41, 5.74) is 1.25. The Hall–Kier alpha value is -5.25. The van der Waals surface area contributed by atoms with Crippen LogP contribution in [-0.2, 0) is 25.7 Å². The Kier molecular flexibility index (Phi) is 10.5. The third-order valence-corrected chi connectivity index (χ3v) is 11.7. The molecule has 0 radical (unpaired) electrons. The number of ketones is 1. The zero-order chi connectivity index (χ0) is 33.3. The molecule has 0 N–H and O–H groups in total. The van der Waals surface area contributed by atoms with Gasteiger partial charge in [0, 0.05) is 11.6 Å². The van der Waals surface area contributed by atoms with Crippen molar-refractivity contribution in [2.45, 2.75) is 33.0 Å². The molecule has 0 fully saturated rings. The lowest BCUT2D eigenvalue weighted by molar-refractivity contribution is -0.148. The molecule has 0 aromatic heterocycles. The fraction of sp³-hybridized carbons (Fsp3) is 0.122. The van der Waals surface area contributed by atoms with E-state index >= 15 is 0 Å². The van der Waals surface area contributed by atoms with Crippen LogP contribution in [0, 0.1) is 0 Å². The highest BCUT2D eigenvalue weighted by Gasteiger charge is 2.38. The summed E-state index contributed by atoms with van der Waals surface area (Å²) in [6, 6.07) is 45.5. The Morgan fingerprint density at radius 1 is 0.617 bits per heavy atom. The number of hydrogen-bond acceptors (Lipinski definition) is 5. The van der Waals surface area contributed by atoms with Crippen molar-refractivity contribution in [3.8, 4) is 0 Å². The Balaban J connectivity index is 1.72. The van der Waals surface area contributed by atoms with E-state index in [1.807, 2.05) is 121 Å². The van der Waals surface area contributed by atoms with Gasteiger partial charge in [-0.2, -0.15) is 0 Å². The summed E-state index contributed by atoms with van der Waals surface area (Å²) in [7, 11) is 0. The standard InChI is InChI=1S/C41H37O5P/c1-41(2,3)46-37(42)29-26-31-24-27-33(28-25-31)38(43)39(40(44)45-30-32-16-8-4-9-17-32)47(34-18-10-5-11-19-34,35-20-12-6-13-21-35)36-22-14-7-15-23-36/h4-29H,30H2,1-3H3/b29-26+. The molecule has 0 aliphatic heterocycles. The van der Waals surface area contributed by atoms with E-state index in [4.69, 9.17) is 9.47 Å². The van der Waals surface area contributed by atoms with Crippen LogP contribution in [0.4, 0.5) is 0 Å². The van der Waals surface area contributed by atoms with Crippen molar-refractivity contribution in [3.63, 3.8) is 0 Å². The quantitative estimate of drug-likeness (QED) is 0.0534. The minimum absolute atomic E-state index is 0.0171. The maximum absolute atomic E-state index is 14.9. The van der Waals surface area contributed by atoms with Crippen molar-refractivity contribution in [2.75, 3.05) is 0 Å². The Morgan fingerprint density at radius 3 is 1.51 bits per heavy atom. The van der Waals surface area contributed by atoms with Crippen LogP contribution >= 0.6 is 6.89 Å². The van der Waals surface area contributed by atoms with E-state index in [1.54, 1.807) is 51.1 Å². The van der Waals surface area contributed by atoms with Crippen molar-refractivity contribution < 1.29 is 23.9 Å². The first kappa shape index (κ1) is 33.1. The molecule has 0 saturated carbocycles. The molecule has 0 spiro atoms. The minimum Gasteiger partial charge on any atom is -0.457 e. The normalized spacial score (nSPS) is 11.6. The summed E-state index contributed by atoms with van der Waals surface area (Å²) in [6.45, 7) is 2.33. The lowest BCUT2D eigenvalue weighted by Crippen LogP contribution is -2.38. The largest absolute Gasteiger partial charge is 0.457 e. The van der Waals surface area contributed by atoms with Crippen LogP contribution in [0.2, 0.25) is 0 Å². The highest BCUT2D eigenvalue weighted by molar-refractivity contribution is 7.97. The van der Waals surface area contributed by atoms with Gasteiger partial charge in [-0.15, -0.1) is 0 Å². The number of carbonyl (C=O) groups excluding carboxylic acids is 3.